The minimum Gasteiger partial charge on any atom is -0.479 e. The monoisotopic (exact) mass is 1560 g/mol. The second kappa shape index (κ2) is 50.3. The third-order valence-corrected chi connectivity index (χ3v) is 19.1. The first kappa shape index (κ1) is 94.7. The number of aliphatic hydroxyl groups excluding tert-OH is 8. The normalized spacial score (nSPS) is 29.1. The third-order valence-electron chi connectivity index (χ3n) is 18.7. The van der Waals surface area contributed by atoms with Crippen LogP contribution in [0.25, 0.3) is 0 Å². The number of nitrogens with one attached hydrogen (secondary N) is 4. The summed E-state index contributed by atoms with van der Waals surface area (Å²) in [6.45, 7) is 9.36. The molecule has 37 heteroatoms. The van der Waals surface area contributed by atoms with Crippen molar-refractivity contribution in [1.82, 2.24) is 21.3 Å². The van der Waals surface area contributed by atoms with Gasteiger partial charge in [-0.3, -0.25) is 33.3 Å². The van der Waals surface area contributed by atoms with Crippen LogP contribution in [-0.4, -0.2) is 293 Å². The summed E-state index contributed by atoms with van der Waals surface area (Å²) in [6, 6.07) is -2.94. The van der Waals surface area contributed by atoms with Gasteiger partial charge in [0.1, 0.15) is 90.8 Å². The lowest BCUT2D eigenvalue weighted by atomic mass is 9.94. The first-order chi connectivity index (χ1) is 50.7. The highest BCUT2D eigenvalue weighted by Crippen LogP contribution is 2.33. The number of carboxylic acid groups (broad SMARTS) is 2. The molecule has 4 heterocycles. The fourth-order valence-electron chi connectivity index (χ4n) is 12.6. The Hall–Kier alpha value is -4.69. The van der Waals surface area contributed by atoms with Gasteiger partial charge in [-0.2, -0.15) is 8.42 Å². The van der Waals surface area contributed by atoms with Gasteiger partial charge in [0.2, 0.25) is 23.6 Å². The van der Waals surface area contributed by atoms with Gasteiger partial charge in [0.15, 0.2) is 37.4 Å². The van der Waals surface area contributed by atoms with Crippen LogP contribution in [0.5, 0.6) is 0 Å². The summed E-state index contributed by atoms with van der Waals surface area (Å²) in [5.41, 5.74) is -0.301. The number of unbranched alkanes of at least 4 members (excludes halogenated alkanes) is 16. The van der Waals surface area contributed by atoms with Crippen molar-refractivity contribution in [1.29, 1.82) is 0 Å². The van der Waals surface area contributed by atoms with Crippen LogP contribution < -0.4 is 21.3 Å². The van der Waals surface area contributed by atoms with E-state index in [1.54, 1.807) is 6.92 Å². The van der Waals surface area contributed by atoms with E-state index in [0.29, 0.717) is 117 Å². The van der Waals surface area contributed by atoms with E-state index in [0.717, 1.165) is 96.8 Å². The maximum absolute atomic E-state index is 12.5. The Labute approximate surface area is 625 Å². The highest BCUT2D eigenvalue weighted by atomic mass is 32.3. The van der Waals surface area contributed by atoms with Crippen molar-refractivity contribution >= 4 is 57.5 Å². The van der Waals surface area contributed by atoms with Crippen LogP contribution in [0.4, 0.5) is 0 Å². The van der Waals surface area contributed by atoms with Crippen molar-refractivity contribution in [2.45, 2.75) is 331 Å². The number of hydrogen-bond acceptors (Lipinski definition) is 29. The van der Waals surface area contributed by atoms with Crippen LogP contribution in [0.2, 0.25) is 0 Å². The smallest absolute Gasteiger partial charge is 0.397 e. The molecule has 0 saturated carbocycles. The number of ketones is 2. The molecule has 4 saturated heterocycles. The Morgan fingerprint density at radius 3 is 1.15 bits per heavy atom. The Morgan fingerprint density at radius 2 is 0.776 bits per heavy atom. The summed E-state index contributed by atoms with van der Waals surface area (Å²) in [5.74, 6) is -4.32. The van der Waals surface area contributed by atoms with Crippen LogP contribution in [0.1, 0.15) is 208 Å². The zero-order valence-electron chi connectivity index (χ0n) is 62.4. The van der Waals surface area contributed by atoms with Gasteiger partial charge in [-0.15, -0.1) is 0 Å². The standard InChI is InChI=1S/C70H122N4O32S/c1-6-46-52(81)54(83)50(73-42(2)75)66(101-46)103-60-56(85)58(87)68(105-62(60)64(89)90)98-35-25-17-15-23-33-71-48(79)29-21-13-9-7-11-19-27-44(77)31-37-96-40-70(4,5)41-97-38-32-45(78)28-20-12-8-10-14-22-30-49(80)72-34-24-16-18-26-36-99-69-59(88)57(86)61(63(106-69)65(91)92)104-67-51(74-43(3)76)55(84)53(82)47(102-67)39-100-107(93,94)95/h46-47,50-63,66-69,81-88H,6-41H2,1-5H3,(H,71,79)(H,72,80)(H,73,75)(H,74,76)(H,89,90)(H,91,92)(H,93,94,95). The number of aliphatic hydroxyl groups is 8. The van der Waals surface area contributed by atoms with Gasteiger partial charge in [-0.1, -0.05) is 97.8 Å². The summed E-state index contributed by atoms with van der Waals surface area (Å²) in [6.07, 6.45) is -12.4. The second-order valence-electron chi connectivity index (χ2n) is 28.7. The highest BCUT2D eigenvalue weighted by molar-refractivity contribution is 7.80. The Kier molecular flexibility index (Phi) is 44.5. The predicted molar refractivity (Wildman–Crippen MR) is 374 cm³/mol. The minimum atomic E-state index is -5.04. The molecule has 0 bridgehead atoms. The van der Waals surface area contributed by atoms with Gasteiger partial charge in [-0.05, 0) is 57.8 Å². The van der Waals surface area contributed by atoms with Gasteiger partial charge in [0, 0.05) is 84.1 Å². The maximum Gasteiger partial charge on any atom is 0.397 e. The molecule has 0 spiro atoms. The van der Waals surface area contributed by atoms with E-state index in [1.807, 2.05) is 13.8 Å². The molecule has 0 radical (unpaired) electrons. The van der Waals surface area contributed by atoms with Gasteiger partial charge in [-0.25, -0.2) is 13.8 Å². The number of ether oxygens (including phenoxy) is 10. The van der Waals surface area contributed by atoms with Crippen molar-refractivity contribution in [3.05, 3.63) is 0 Å². The molecule has 0 aliphatic carbocycles. The van der Waals surface area contributed by atoms with E-state index < -0.39 is 163 Å². The SMILES string of the molecule is CCC1OC(OC2C(C(=O)O)OC(OCCCCCCNC(=O)CCCCCCCCC(=O)CCOCC(C)(C)COCCC(=O)CCCCCCCCC(=O)NCCCCCCOC3OC(C(=O)O)C(OC4OC(COS(=O)(=O)O)C(O)C(O)C4NC(C)=O)C(O)C3O)C(O)C2O)C(NC(C)=O)C(O)C1O. The summed E-state index contributed by atoms with van der Waals surface area (Å²) >= 11 is 0. The first-order valence-corrected chi connectivity index (χ1v) is 39.1. The number of hydrogen-bond donors (Lipinski definition) is 15. The molecule has 4 amide bonds. The van der Waals surface area contributed by atoms with E-state index in [4.69, 9.17) is 51.9 Å². The molecule has 0 aromatic heterocycles. The molecule has 4 rings (SSSR count). The zero-order valence-corrected chi connectivity index (χ0v) is 63.2. The minimum absolute atomic E-state index is 0.00630. The van der Waals surface area contributed by atoms with E-state index in [9.17, 15) is 97.8 Å². The molecule has 4 aliphatic rings. The predicted octanol–water partition coefficient (Wildman–Crippen LogP) is 0.557. The molecule has 20 unspecified atom stereocenters. The lowest BCUT2D eigenvalue weighted by Crippen LogP contribution is -2.68. The van der Waals surface area contributed by atoms with Crippen LogP contribution in [0.3, 0.4) is 0 Å². The van der Waals surface area contributed by atoms with Gasteiger partial charge in [0.05, 0.1) is 39.1 Å². The van der Waals surface area contributed by atoms with Crippen LogP contribution in [0.15, 0.2) is 0 Å². The lowest BCUT2D eigenvalue weighted by Gasteiger charge is -2.46. The van der Waals surface area contributed by atoms with E-state index in [1.165, 1.54) is 6.92 Å². The first-order valence-electron chi connectivity index (χ1n) is 37.7. The number of carbonyl (C=O) groups is 8. The number of rotatable bonds is 56. The molecule has 107 heavy (non-hydrogen) atoms. The number of carboxylic acids is 2. The Balaban J connectivity index is 0.896. The Morgan fingerprint density at radius 1 is 0.421 bits per heavy atom. The summed E-state index contributed by atoms with van der Waals surface area (Å²) in [4.78, 5) is 98.1. The summed E-state index contributed by atoms with van der Waals surface area (Å²) in [7, 11) is -5.04. The molecule has 15 N–H and O–H groups in total. The van der Waals surface area contributed by atoms with E-state index in [2.05, 4.69) is 25.5 Å². The van der Waals surface area contributed by atoms with Crippen molar-refractivity contribution in [3.8, 4) is 0 Å². The molecular formula is C70H122N4O32S. The third kappa shape index (κ3) is 35.7. The molecule has 4 aliphatic heterocycles. The van der Waals surface area contributed by atoms with Crippen molar-refractivity contribution in [2.24, 2.45) is 5.41 Å². The molecule has 620 valence electrons. The largest absolute Gasteiger partial charge is 0.479 e. The zero-order chi connectivity index (χ0) is 79.2. The van der Waals surface area contributed by atoms with E-state index in [-0.39, 0.29) is 48.4 Å². The maximum atomic E-state index is 12.5. The summed E-state index contributed by atoms with van der Waals surface area (Å²) < 4.78 is 91.9. The number of amides is 4. The molecule has 0 aromatic rings. The molecule has 20 atom stereocenters. The van der Waals surface area contributed by atoms with Gasteiger partial charge in [0.25, 0.3) is 0 Å². The van der Waals surface area contributed by atoms with Gasteiger partial charge >= 0.3 is 22.3 Å². The van der Waals surface area contributed by atoms with Gasteiger partial charge < -0.3 is 120 Å². The van der Waals surface area contributed by atoms with Crippen LogP contribution in [0, 0.1) is 5.41 Å². The number of carbonyl (C=O) groups excluding carboxylic acids is 6. The highest BCUT2D eigenvalue weighted by Gasteiger charge is 2.55. The van der Waals surface area contributed by atoms with E-state index >= 15 is 0 Å². The fraction of sp³-hybridized carbons (Fsp3) is 0.886. The lowest BCUT2D eigenvalue weighted by molar-refractivity contribution is -0.340. The topological polar surface area (TPSA) is 543 Å². The van der Waals surface area contributed by atoms with Crippen LogP contribution >= 0.6 is 0 Å². The quantitative estimate of drug-likeness (QED) is 0.0292. The molecular weight excluding hydrogens is 1440 g/mol. The van der Waals surface area contributed by atoms with Crippen molar-refractivity contribution < 1.29 is 154 Å². The fourth-order valence-corrected chi connectivity index (χ4v) is 12.9. The molecule has 0 aromatic carbocycles. The average molecular weight is 1560 g/mol. The molecule has 36 nitrogen and oxygen atoms in total. The number of Topliss-reactive ketones (excluding diaryl/α,β-unsaturated/α-hetero) is 2. The van der Waals surface area contributed by atoms with Crippen molar-refractivity contribution in [2.75, 3.05) is 59.3 Å². The van der Waals surface area contributed by atoms with Crippen molar-refractivity contribution in [3.63, 3.8) is 0 Å². The molecule has 4 fully saturated rings. The summed E-state index contributed by atoms with van der Waals surface area (Å²) in [5, 5.41) is 116. The van der Waals surface area contributed by atoms with Crippen LogP contribution in [-0.2, 0) is 100 Å². The Bertz CT molecular complexity index is 2760. The number of aliphatic carboxylic acids is 2. The second-order valence-corrected chi connectivity index (χ2v) is 29.8. The average Bonchev–Trinajstić information content (AvgIpc) is 0.786.